The van der Waals surface area contributed by atoms with E-state index in [1.165, 1.54) is 6.20 Å². The second-order valence-electron chi connectivity index (χ2n) is 9.85. The smallest absolute Gasteiger partial charge is 0.167 e. The maximum absolute atomic E-state index is 14.7. The third-order valence-electron chi connectivity index (χ3n) is 6.95. The van der Waals surface area contributed by atoms with Crippen LogP contribution in [0, 0.1) is 5.82 Å². The highest BCUT2D eigenvalue weighted by Gasteiger charge is 2.21. The van der Waals surface area contributed by atoms with Crippen LogP contribution in [0.1, 0.15) is 49.7 Å². The molecule has 1 aliphatic heterocycles. The molecule has 35 heavy (non-hydrogen) atoms. The van der Waals surface area contributed by atoms with Crippen molar-refractivity contribution in [3.8, 4) is 11.3 Å². The quantitative estimate of drug-likeness (QED) is 0.409. The molecule has 0 unspecified atom stereocenters. The van der Waals surface area contributed by atoms with Crippen LogP contribution in [0.3, 0.4) is 0 Å². The van der Waals surface area contributed by atoms with Gasteiger partial charge in [0.05, 0.1) is 36.2 Å². The van der Waals surface area contributed by atoms with Gasteiger partial charge in [0, 0.05) is 42.1 Å². The van der Waals surface area contributed by atoms with Gasteiger partial charge in [-0.25, -0.2) is 18.9 Å². The topological polar surface area (TPSA) is 62.5 Å². The molecular formula is C27H32FN7. The predicted molar refractivity (Wildman–Crippen MR) is 136 cm³/mol. The van der Waals surface area contributed by atoms with E-state index >= 15 is 0 Å². The largest absolute Gasteiger partial charge is 0.370 e. The second kappa shape index (κ2) is 9.70. The van der Waals surface area contributed by atoms with E-state index in [1.54, 1.807) is 0 Å². The highest BCUT2D eigenvalue weighted by molar-refractivity contribution is 5.68. The Bertz CT molecular complexity index is 1310. The lowest BCUT2D eigenvalue weighted by atomic mass is 10.0. The van der Waals surface area contributed by atoms with Gasteiger partial charge in [-0.05, 0) is 57.1 Å². The van der Waals surface area contributed by atoms with E-state index in [1.807, 2.05) is 41.3 Å². The van der Waals surface area contributed by atoms with Gasteiger partial charge in [0.2, 0.25) is 0 Å². The van der Waals surface area contributed by atoms with Gasteiger partial charge in [-0.2, -0.15) is 5.10 Å². The number of aromatic nitrogens is 5. The Morgan fingerprint density at radius 3 is 2.54 bits per heavy atom. The van der Waals surface area contributed by atoms with Crippen LogP contribution in [0.4, 0.5) is 10.1 Å². The number of hydrogen-bond donors (Lipinski definition) is 0. The van der Waals surface area contributed by atoms with Gasteiger partial charge in [0.1, 0.15) is 11.5 Å². The van der Waals surface area contributed by atoms with Crippen molar-refractivity contribution in [3.05, 3.63) is 72.0 Å². The summed E-state index contributed by atoms with van der Waals surface area (Å²) in [6.07, 6.45) is 9.66. The molecule has 0 aromatic carbocycles. The van der Waals surface area contributed by atoms with E-state index < -0.39 is 5.82 Å². The van der Waals surface area contributed by atoms with E-state index in [2.05, 4.69) is 63.9 Å². The number of nitrogens with zero attached hydrogens (tertiary/aromatic N) is 7. The van der Waals surface area contributed by atoms with Crippen molar-refractivity contribution in [2.24, 2.45) is 0 Å². The molecule has 0 atom stereocenters. The highest BCUT2D eigenvalue weighted by atomic mass is 19.1. The summed E-state index contributed by atoms with van der Waals surface area (Å²) in [5.41, 5.74) is 5.10. The van der Waals surface area contributed by atoms with Crippen molar-refractivity contribution < 1.29 is 4.39 Å². The van der Waals surface area contributed by atoms with E-state index in [4.69, 9.17) is 0 Å². The molecule has 0 saturated carbocycles. The lowest BCUT2D eigenvalue weighted by Crippen LogP contribution is -2.42. The SMILES string of the molecule is CC(C)c1cnn2ccc(-c3nc(Cc4ccc(N5CCC(N(C)C)CC5)cn4)ncc3F)cc12. The maximum Gasteiger partial charge on any atom is 0.167 e. The summed E-state index contributed by atoms with van der Waals surface area (Å²) in [6.45, 7) is 6.32. The molecule has 4 aromatic rings. The van der Waals surface area contributed by atoms with Crippen LogP contribution in [0.5, 0.6) is 0 Å². The van der Waals surface area contributed by atoms with E-state index in [0.29, 0.717) is 35.5 Å². The minimum absolute atomic E-state index is 0.300. The summed E-state index contributed by atoms with van der Waals surface area (Å²) in [7, 11) is 4.30. The molecule has 1 aliphatic rings. The first kappa shape index (κ1) is 23.4. The van der Waals surface area contributed by atoms with Crippen LogP contribution in [0.15, 0.2) is 49.1 Å². The molecule has 1 saturated heterocycles. The molecule has 5 rings (SSSR count). The zero-order chi connectivity index (χ0) is 24.5. The third kappa shape index (κ3) is 4.89. The molecule has 0 N–H and O–H groups in total. The predicted octanol–water partition coefficient (Wildman–Crippen LogP) is 4.57. The fraction of sp³-hybridized carbons (Fsp3) is 0.407. The van der Waals surface area contributed by atoms with Crippen LogP contribution in [-0.4, -0.2) is 62.7 Å². The van der Waals surface area contributed by atoms with Gasteiger partial charge < -0.3 is 9.80 Å². The van der Waals surface area contributed by atoms with Gasteiger partial charge in [-0.15, -0.1) is 0 Å². The second-order valence-corrected chi connectivity index (χ2v) is 9.85. The van der Waals surface area contributed by atoms with E-state index in [9.17, 15) is 4.39 Å². The summed E-state index contributed by atoms with van der Waals surface area (Å²) >= 11 is 0. The van der Waals surface area contributed by atoms with Gasteiger partial charge in [-0.3, -0.25) is 4.98 Å². The lowest BCUT2D eigenvalue weighted by molar-refractivity contribution is 0.249. The van der Waals surface area contributed by atoms with Crippen molar-refractivity contribution >= 4 is 11.2 Å². The molecule has 5 heterocycles. The third-order valence-corrected chi connectivity index (χ3v) is 6.95. The summed E-state index contributed by atoms with van der Waals surface area (Å²) in [5.74, 6) is 0.431. The molecule has 0 radical (unpaired) electrons. The average molecular weight is 474 g/mol. The number of anilines is 1. The number of halogens is 1. The Labute approximate surface area is 205 Å². The van der Waals surface area contributed by atoms with Crippen molar-refractivity contribution in [2.75, 3.05) is 32.1 Å². The fourth-order valence-electron chi connectivity index (χ4n) is 4.79. The van der Waals surface area contributed by atoms with Crippen LogP contribution in [-0.2, 0) is 6.42 Å². The molecule has 182 valence electrons. The number of rotatable bonds is 6. The molecule has 0 bridgehead atoms. The Hall–Kier alpha value is -3.39. The van der Waals surface area contributed by atoms with Crippen LogP contribution in [0.25, 0.3) is 16.8 Å². The zero-order valence-electron chi connectivity index (χ0n) is 20.8. The molecule has 8 heteroatoms. The first-order valence-electron chi connectivity index (χ1n) is 12.2. The average Bonchev–Trinajstić information content (AvgIpc) is 3.29. The number of pyridine rings is 2. The fourth-order valence-corrected chi connectivity index (χ4v) is 4.79. The number of fused-ring (bicyclic) bond motifs is 1. The minimum Gasteiger partial charge on any atom is -0.370 e. The van der Waals surface area contributed by atoms with Crippen LogP contribution in [0.2, 0.25) is 0 Å². The van der Waals surface area contributed by atoms with E-state index in [0.717, 1.165) is 48.4 Å². The first-order chi connectivity index (χ1) is 16.9. The molecule has 0 spiro atoms. The number of piperidine rings is 1. The van der Waals surface area contributed by atoms with Gasteiger partial charge in [0.25, 0.3) is 0 Å². The normalized spacial score (nSPS) is 15.0. The van der Waals surface area contributed by atoms with Crippen molar-refractivity contribution in [1.29, 1.82) is 0 Å². The van der Waals surface area contributed by atoms with Gasteiger partial charge >= 0.3 is 0 Å². The van der Waals surface area contributed by atoms with Crippen molar-refractivity contribution in [3.63, 3.8) is 0 Å². The Balaban J connectivity index is 1.33. The standard InChI is InChI=1S/C27H32FN7/c1-18(2)23-16-31-35-12-7-19(13-25(23)35)27-24(28)17-30-26(32-27)14-20-5-6-22(15-29-20)34-10-8-21(9-11-34)33(3)4/h5-7,12-13,15-18,21H,8-11,14H2,1-4H3. The summed E-state index contributed by atoms with van der Waals surface area (Å²) in [5, 5.41) is 4.40. The molecule has 0 amide bonds. The summed E-state index contributed by atoms with van der Waals surface area (Å²) < 4.78 is 16.6. The Morgan fingerprint density at radius 1 is 1.06 bits per heavy atom. The monoisotopic (exact) mass is 473 g/mol. The summed E-state index contributed by atoms with van der Waals surface area (Å²) in [4.78, 5) is 18.2. The molecular weight excluding hydrogens is 441 g/mol. The highest BCUT2D eigenvalue weighted by Crippen LogP contribution is 2.27. The van der Waals surface area contributed by atoms with Gasteiger partial charge in [0.15, 0.2) is 5.82 Å². The lowest BCUT2D eigenvalue weighted by Gasteiger charge is -2.36. The van der Waals surface area contributed by atoms with Crippen LogP contribution >= 0.6 is 0 Å². The molecule has 1 fully saturated rings. The number of hydrogen-bond acceptors (Lipinski definition) is 6. The first-order valence-corrected chi connectivity index (χ1v) is 12.2. The molecule has 0 aliphatic carbocycles. The van der Waals surface area contributed by atoms with Crippen molar-refractivity contribution in [1.82, 2.24) is 29.5 Å². The van der Waals surface area contributed by atoms with Crippen LogP contribution < -0.4 is 4.90 Å². The molecule has 7 nitrogen and oxygen atoms in total. The van der Waals surface area contributed by atoms with E-state index in [-0.39, 0.29) is 0 Å². The Kier molecular flexibility index (Phi) is 6.47. The zero-order valence-corrected chi connectivity index (χ0v) is 20.8. The maximum atomic E-state index is 14.7. The van der Waals surface area contributed by atoms with Crippen molar-refractivity contribution in [2.45, 2.75) is 45.1 Å². The van der Waals surface area contributed by atoms with Gasteiger partial charge in [-0.1, -0.05) is 13.8 Å². The Morgan fingerprint density at radius 2 is 1.86 bits per heavy atom. The summed E-state index contributed by atoms with van der Waals surface area (Å²) in [6, 6.07) is 8.57. The molecule has 4 aromatic heterocycles. The minimum atomic E-state index is -0.437.